The smallest absolute Gasteiger partial charge is 0.195 e. The van der Waals surface area contributed by atoms with Crippen molar-refractivity contribution in [1.29, 1.82) is 0 Å². The Morgan fingerprint density at radius 3 is 2.41 bits per heavy atom. The largest absolute Gasteiger partial charge is 0.352 e. The summed E-state index contributed by atoms with van der Waals surface area (Å²) in [7, 11) is 0. The van der Waals surface area contributed by atoms with Crippen molar-refractivity contribution in [2.45, 2.75) is 0 Å². The first-order valence-corrected chi connectivity index (χ1v) is 5.07. The number of hydrogen-bond acceptors (Lipinski definition) is 2. The number of carbonyl (C=O) groups is 1. The Morgan fingerprint density at radius 2 is 1.82 bits per heavy atom. The van der Waals surface area contributed by atoms with Crippen LogP contribution in [-0.4, -0.2) is 10.8 Å². The van der Waals surface area contributed by atoms with Crippen LogP contribution in [0.3, 0.4) is 0 Å². The van der Waals surface area contributed by atoms with Crippen molar-refractivity contribution in [2.75, 3.05) is 0 Å². The molecule has 0 aliphatic carbocycles. The fourth-order valence-corrected chi connectivity index (χ4v) is 1.59. The van der Waals surface area contributed by atoms with Gasteiger partial charge in [0.25, 0.3) is 0 Å². The second-order valence-corrected chi connectivity index (χ2v) is 3.66. The summed E-state index contributed by atoms with van der Waals surface area (Å²) in [6.45, 7) is 0. The maximum absolute atomic E-state index is 12.7. The Labute approximate surface area is 109 Å². The first-order valence-electron chi connectivity index (χ1n) is 4.66. The zero-order valence-electron chi connectivity index (χ0n) is 8.64. The molecule has 0 radical (unpaired) electrons. The maximum Gasteiger partial charge on any atom is 0.195 e. The lowest BCUT2D eigenvalue weighted by atomic mass is 10.1. The van der Waals surface area contributed by atoms with E-state index in [0.29, 0.717) is 15.8 Å². The summed E-state index contributed by atoms with van der Waals surface area (Å²) in [4.78, 5) is 14.8. The Balaban J connectivity index is 0.00000144. The van der Waals surface area contributed by atoms with Crippen LogP contribution in [-0.2, 0) is 0 Å². The van der Waals surface area contributed by atoms with Gasteiger partial charge >= 0.3 is 0 Å². The molecule has 2 rings (SSSR count). The quantitative estimate of drug-likeness (QED) is 0.668. The first-order chi connectivity index (χ1) is 7.68. The topological polar surface area (TPSA) is 32.9 Å². The van der Waals surface area contributed by atoms with Gasteiger partial charge in [0.1, 0.15) is 10.5 Å². The normalized spacial score (nSPS) is 9.47. The summed E-state index contributed by atoms with van der Waals surface area (Å²) in [5.41, 5.74) is 0.844. The molecule has 0 atom stereocenters. The zero-order chi connectivity index (χ0) is 11.5. The van der Waals surface area contributed by atoms with Gasteiger partial charge < -0.3 is 4.98 Å². The minimum atomic E-state index is -0.366. The molecule has 17 heavy (non-hydrogen) atoms. The van der Waals surface area contributed by atoms with Crippen LogP contribution in [0.15, 0.2) is 42.6 Å². The van der Waals surface area contributed by atoms with E-state index in [2.05, 4.69) is 4.98 Å². The van der Waals surface area contributed by atoms with Crippen molar-refractivity contribution in [2.24, 2.45) is 0 Å². The van der Waals surface area contributed by atoms with Crippen molar-refractivity contribution in [1.82, 2.24) is 4.98 Å². The molecule has 0 aliphatic rings. The van der Waals surface area contributed by atoms with E-state index >= 15 is 0 Å². The lowest BCUT2D eigenvalue weighted by Crippen LogP contribution is -2.02. The number of rotatable bonds is 2. The number of ketones is 1. The first kappa shape index (κ1) is 13.5. The Hall–Kier alpha value is -1.52. The van der Waals surface area contributed by atoms with Crippen molar-refractivity contribution in [3.63, 3.8) is 0 Å². The minimum Gasteiger partial charge on any atom is -0.352 e. The number of benzene rings is 1. The highest BCUT2D eigenvalue weighted by molar-refractivity contribution is 7.71. The highest BCUT2D eigenvalue weighted by atomic mass is 35.5. The Kier molecular flexibility index (Phi) is 4.54. The summed E-state index contributed by atoms with van der Waals surface area (Å²) in [5.74, 6) is -0.573. The van der Waals surface area contributed by atoms with Gasteiger partial charge in [-0.1, -0.05) is 12.2 Å². The van der Waals surface area contributed by atoms with E-state index in [1.165, 1.54) is 24.3 Å². The molecule has 0 unspecified atom stereocenters. The third-order valence-electron chi connectivity index (χ3n) is 2.17. The van der Waals surface area contributed by atoms with E-state index in [1.54, 1.807) is 18.3 Å². The summed E-state index contributed by atoms with van der Waals surface area (Å²) < 4.78 is 13.1. The summed E-state index contributed by atoms with van der Waals surface area (Å²) >= 11 is 5.00. The van der Waals surface area contributed by atoms with Crippen LogP contribution in [0.25, 0.3) is 0 Å². The van der Waals surface area contributed by atoms with Crippen molar-refractivity contribution >= 4 is 30.4 Å². The number of hydrogen-bond donors (Lipinski definition) is 1. The van der Waals surface area contributed by atoms with Crippen LogP contribution >= 0.6 is 24.6 Å². The van der Waals surface area contributed by atoms with Gasteiger partial charge in [0, 0.05) is 11.8 Å². The number of halogens is 2. The third kappa shape index (κ3) is 2.99. The minimum absolute atomic E-state index is 0. The number of nitrogens with one attached hydrogen (secondary N) is 1. The average molecular weight is 270 g/mol. The van der Waals surface area contributed by atoms with Crippen molar-refractivity contribution in [3.8, 4) is 0 Å². The molecule has 2 nitrogen and oxygen atoms in total. The molecule has 0 saturated heterocycles. The van der Waals surface area contributed by atoms with Gasteiger partial charge in [-0.2, -0.15) is 0 Å². The molecule has 1 aromatic carbocycles. The highest BCUT2D eigenvalue weighted by Crippen LogP contribution is 2.10. The number of H-pyrrole nitrogens is 1. The van der Waals surface area contributed by atoms with E-state index in [-0.39, 0.29) is 24.0 Å². The fourth-order valence-electron chi connectivity index (χ4n) is 1.36. The van der Waals surface area contributed by atoms with E-state index in [4.69, 9.17) is 12.2 Å². The third-order valence-corrected chi connectivity index (χ3v) is 2.51. The molecule has 0 aliphatic heterocycles. The monoisotopic (exact) mass is 269 g/mol. The van der Waals surface area contributed by atoms with Crippen molar-refractivity contribution in [3.05, 3.63) is 64.2 Å². The molecule has 0 saturated carbocycles. The highest BCUT2D eigenvalue weighted by Gasteiger charge is 2.10. The molecule has 88 valence electrons. The second kappa shape index (κ2) is 5.70. The molecule has 0 amide bonds. The molecule has 0 fully saturated rings. The Bertz CT molecular complexity index is 580. The van der Waals surface area contributed by atoms with Gasteiger partial charge in [0.05, 0.1) is 5.56 Å². The van der Waals surface area contributed by atoms with Crippen LogP contribution in [0.4, 0.5) is 4.39 Å². The second-order valence-electron chi connectivity index (χ2n) is 3.25. The van der Waals surface area contributed by atoms with E-state index in [9.17, 15) is 9.18 Å². The number of aromatic nitrogens is 1. The van der Waals surface area contributed by atoms with Crippen LogP contribution in [0.2, 0.25) is 0 Å². The molecule has 5 heteroatoms. The van der Waals surface area contributed by atoms with Crippen LogP contribution < -0.4 is 0 Å². The molecule has 1 heterocycles. The average Bonchev–Trinajstić information content (AvgIpc) is 2.30. The van der Waals surface area contributed by atoms with Gasteiger partial charge in [-0.05, 0) is 36.4 Å². The SMILES string of the molecule is Cl.O=C(c1ccc(F)cc1)c1ccc[nH]c1=S. The summed E-state index contributed by atoms with van der Waals surface area (Å²) in [5, 5.41) is 0. The van der Waals surface area contributed by atoms with Crippen LogP contribution in [0.5, 0.6) is 0 Å². The molecule has 2 aromatic rings. The molecular formula is C12H9ClFNOS. The Morgan fingerprint density at radius 1 is 1.18 bits per heavy atom. The lowest BCUT2D eigenvalue weighted by molar-refractivity contribution is 0.103. The number of aromatic amines is 1. The summed E-state index contributed by atoms with van der Waals surface area (Å²) in [6, 6.07) is 8.74. The number of carbonyl (C=O) groups excluding carboxylic acids is 1. The van der Waals surface area contributed by atoms with E-state index in [0.717, 1.165) is 0 Å². The van der Waals surface area contributed by atoms with Crippen molar-refractivity contribution < 1.29 is 9.18 Å². The maximum atomic E-state index is 12.7. The summed E-state index contributed by atoms with van der Waals surface area (Å²) in [6.07, 6.45) is 1.66. The molecule has 0 bridgehead atoms. The molecule has 1 aromatic heterocycles. The standard InChI is InChI=1S/C12H8FNOS.ClH/c13-9-5-3-8(4-6-9)11(15)10-2-1-7-14-12(10)16;/h1-7H,(H,14,16);1H. The zero-order valence-corrected chi connectivity index (χ0v) is 10.3. The van der Waals surface area contributed by atoms with Crippen LogP contribution in [0.1, 0.15) is 15.9 Å². The predicted octanol–water partition coefficient (Wildman–Crippen LogP) is 3.54. The van der Waals surface area contributed by atoms with Gasteiger partial charge in [-0.3, -0.25) is 4.79 Å². The van der Waals surface area contributed by atoms with Gasteiger partial charge in [0.15, 0.2) is 5.78 Å². The van der Waals surface area contributed by atoms with Gasteiger partial charge in [-0.15, -0.1) is 12.4 Å². The van der Waals surface area contributed by atoms with E-state index < -0.39 is 0 Å². The molecular weight excluding hydrogens is 261 g/mol. The molecule has 1 N–H and O–H groups in total. The van der Waals surface area contributed by atoms with Gasteiger partial charge in [0.2, 0.25) is 0 Å². The van der Waals surface area contributed by atoms with Gasteiger partial charge in [-0.25, -0.2) is 4.39 Å². The molecule has 0 spiro atoms. The van der Waals surface area contributed by atoms with E-state index in [1.807, 2.05) is 0 Å². The fraction of sp³-hybridized carbons (Fsp3) is 0. The lowest BCUT2D eigenvalue weighted by Gasteiger charge is -2.00. The predicted molar refractivity (Wildman–Crippen MR) is 68.7 cm³/mol. The van der Waals surface area contributed by atoms with Crippen LogP contribution in [0, 0.1) is 10.5 Å². The number of pyridine rings is 1.